The summed E-state index contributed by atoms with van der Waals surface area (Å²) in [6, 6.07) is 15.7. The van der Waals surface area contributed by atoms with Crippen molar-refractivity contribution in [3.8, 4) is 0 Å². The zero-order valence-electron chi connectivity index (χ0n) is 12.9. The van der Waals surface area contributed by atoms with E-state index in [4.69, 9.17) is 0 Å². The first kappa shape index (κ1) is 14.9. The van der Waals surface area contributed by atoms with Crippen LogP contribution in [0.3, 0.4) is 0 Å². The molecular weight excluding hydrogens is 308 g/mol. The number of carbonyl (C=O) groups is 1. The lowest BCUT2D eigenvalue weighted by molar-refractivity contribution is -0.114. The van der Waals surface area contributed by atoms with Crippen molar-refractivity contribution in [2.24, 2.45) is 4.99 Å². The maximum Gasteiger partial charge on any atom is 0.271 e. The van der Waals surface area contributed by atoms with Gasteiger partial charge in [-0.1, -0.05) is 54.6 Å². The molecule has 0 amide bonds. The molecule has 0 fully saturated rings. The number of benzene rings is 2. The van der Waals surface area contributed by atoms with Gasteiger partial charge in [-0.05, 0) is 29.2 Å². The molecule has 120 valence electrons. The van der Waals surface area contributed by atoms with Crippen LogP contribution in [0.25, 0.3) is 0 Å². The van der Waals surface area contributed by atoms with Gasteiger partial charge in [-0.3, -0.25) is 9.79 Å². The Morgan fingerprint density at radius 3 is 2.33 bits per heavy atom. The molecular formula is C20H15F2NO. The maximum absolute atomic E-state index is 14.3. The predicted molar refractivity (Wildman–Crippen MR) is 88.5 cm³/mol. The first-order valence-corrected chi connectivity index (χ1v) is 7.90. The standard InChI is InChI=1S/C20H15F2NO/c21-19(22)20(14-6-2-1-3-7-14)17-9-5-4-8-16(17)18(23-20)13-10-11-15(24)12-13/h1-9,12,19H,10-11H2/t20-/m0/s1. The third kappa shape index (κ3) is 2.06. The molecule has 2 aromatic rings. The Hall–Kier alpha value is -2.62. The van der Waals surface area contributed by atoms with E-state index in [0.29, 0.717) is 35.2 Å². The van der Waals surface area contributed by atoms with Gasteiger partial charge < -0.3 is 0 Å². The molecule has 1 aliphatic carbocycles. The number of allylic oxidation sites excluding steroid dienone is 2. The van der Waals surface area contributed by atoms with Gasteiger partial charge in [-0.15, -0.1) is 0 Å². The summed E-state index contributed by atoms with van der Waals surface area (Å²) < 4.78 is 28.6. The van der Waals surface area contributed by atoms with Gasteiger partial charge in [0, 0.05) is 12.0 Å². The lowest BCUT2D eigenvalue weighted by atomic mass is 9.83. The smallest absolute Gasteiger partial charge is 0.271 e. The lowest BCUT2D eigenvalue weighted by Gasteiger charge is -2.27. The summed E-state index contributed by atoms with van der Waals surface area (Å²) >= 11 is 0. The van der Waals surface area contributed by atoms with Crippen LogP contribution in [0, 0.1) is 0 Å². The van der Waals surface area contributed by atoms with Gasteiger partial charge in [-0.2, -0.15) is 0 Å². The van der Waals surface area contributed by atoms with Crippen molar-refractivity contribution in [1.82, 2.24) is 0 Å². The van der Waals surface area contributed by atoms with Gasteiger partial charge in [0.15, 0.2) is 11.3 Å². The zero-order valence-corrected chi connectivity index (χ0v) is 12.9. The van der Waals surface area contributed by atoms with Crippen LogP contribution in [0.2, 0.25) is 0 Å². The first-order chi connectivity index (χ1) is 11.6. The van der Waals surface area contributed by atoms with Gasteiger partial charge in [-0.25, -0.2) is 8.78 Å². The second-order valence-electron chi connectivity index (χ2n) is 6.07. The minimum absolute atomic E-state index is 0.0273. The van der Waals surface area contributed by atoms with Gasteiger partial charge in [0.1, 0.15) is 0 Å². The van der Waals surface area contributed by atoms with E-state index in [0.717, 1.165) is 5.57 Å². The van der Waals surface area contributed by atoms with E-state index in [-0.39, 0.29) is 5.78 Å². The summed E-state index contributed by atoms with van der Waals surface area (Å²) in [7, 11) is 0. The average molecular weight is 323 g/mol. The van der Waals surface area contributed by atoms with Crippen LogP contribution in [-0.4, -0.2) is 17.9 Å². The molecule has 2 aliphatic rings. The van der Waals surface area contributed by atoms with Crippen molar-refractivity contribution in [2.45, 2.75) is 24.8 Å². The number of carbonyl (C=O) groups excluding carboxylic acids is 1. The first-order valence-electron chi connectivity index (χ1n) is 7.90. The highest BCUT2D eigenvalue weighted by Gasteiger charge is 2.49. The van der Waals surface area contributed by atoms with Crippen LogP contribution in [0.4, 0.5) is 8.78 Å². The van der Waals surface area contributed by atoms with Crippen LogP contribution in [-0.2, 0) is 10.3 Å². The van der Waals surface area contributed by atoms with Crippen LogP contribution < -0.4 is 0 Å². The highest BCUT2D eigenvalue weighted by atomic mass is 19.3. The normalized spacial score (nSPS) is 22.5. The van der Waals surface area contributed by atoms with Crippen molar-refractivity contribution in [3.05, 3.63) is 82.9 Å². The summed E-state index contributed by atoms with van der Waals surface area (Å²) in [4.78, 5) is 16.1. The number of aliphatic imine (C=N–C) groups is 1. The molecule has 4 heteroatoms. The van der Waals surface area contributed by atoms with Gasteiger partial charge in [0.05, 0.1) is 5.71 Å². The van der Waals surface area contributed by atoms with Gasteiger partial charge in [0.2, 0.25) is 0 Å². The SMILES string of the molecule is O=C1C=C(C2=N[C@](c3ccccc3)(C(F)F)c3ccccc32)CC1. The summed E-state index contributed by atoms with van der Waals surface area (Å²) in [5.74, 6) is 0.0273. The average Bonchev–Trinajstić information content (AvgIpc) is 3.18. The Balaban J connectivity index is 1.99. The summed E-state index contributed by atoms with van der Waals surface area (Å²) in [5, 5.41) is 0. The number of fused-ring (bicyclic) bond motifs is 1. The van der Waals surface area contributed by atoms with E-state index in [9.17, 15) is 13.6 Å². The zero-order chi connectivity index (χ0) is 16.7. The highest BCUT2D eigenvalue weighted by Crippen LogP contribution is 2.47. The van der Waals surface area contributed by atoms with Crippen molar-refractivity contribution >= 4 is 11.5 Å². The quantitative estimate of drug-likeness (QED) is 0.828. The molecule has 1 heterocycles. The Bertz CT molecular complexity index is 870. The fourth-order valence-electron chi connectivity index (χ4n) is 3.55. The molecule has 4 rings (SSSR count). The van der Waals surface area contributed by atoms with E-state index in [1.165, 1.54) is 0 Å². The third-order valence-electron chi connectivity index (χ3n) is 4.69. The van der Waals surface area contributed by atoms with Gasteiger partial charge in [0.25, 0.3) is 6.43 Å². The second kappa shape index (κ2) is 5.48. The summed E-state index contributed by atoms with van der Waals surface area (Å²) in [6.07, 6.45) is -0.164. The van der Waals surface area contributed by atoms with Crippen molar-refractivity contribution < 1.29 is 13.6 Å². The molecule has 0 aromatic heterocycles. The largest absolute Gasteiger partial charge is 0.295 e. The molecule has 0 bridgehead atoms. The topological polar surface area (TPSA) is 29.4 Å². The van der Waals surface area contributed by atoms with Crippen molar-refractivity contribution in [2.75, 3.05) is 0 Å². The molecule has 2 nitrogen and oxygen atoms in total. The maximum atomic E-state index is 14.3. The molecule has 0 spiro atoms. The molecule has 0 N–H and O–H groups in total. The minimum Gasteiger partial charge on any atom is -0.295 e. The minimum atomic E-state index is -2.68. The molecule has 0 saturated heterocycles. The number of rotatable bonds is 3. The molecule has 1 aliphatic heterocycles. The van der Waals surface area contributed by atoms with Gasteiger partial charge >= 0.3 is 0 Å². The third-order valence-corrected chi connectivity index (χ3v) is 4.69. The Labute approximate surface area is 138 Å². The molecule has 2 aromatic carbocycles. The van der Waals surface area contributed by atoms with Crippen molar-refractivity contribution in [1.29, 1.82) is 0 Å². The molecule has 24 heavy (non-hydrogen) atoms. The second-order valence-corrected chi connectivity index (χ2v) is 6.07. The van der Waals surface area contributed by atoms with E-state index < -0.39 is 12.0 Å². The summed E-state index contributed by atoms with van der Waals surface area (Å²) in [6.45, 7) is 0. The van der Waals surface area contributed by atoms with Crippen LogP contribution in [0.1, 0.15) is 29.5 Å². The number of hydrogen-bond acceptors (Lipinski definition) is 2. The fraction of sp³-hybridized carbons (Fsp3) is 0.200. The number of alkyl halides is 2. The number of halogens is 2. The Morgan fingerprint density at radius 2 is 1.67 bits per heavy atom. The monoisotopic (exact) mass is 323 g/mol. The molecule has 0 unspecified atom stereocenters. The van der Waals surface area contributed by atoms with Crippen LogP contribution >= 0.6 is 0 Å². The molecule has 1 atom stereocenters. The Morgan fingerprint density at radius 1 is 0.958 bits per heavy atom. The Kier molecular flexibility index (Phi) is 3.41. The molecule has 0 saturated carbocycles. The number of hydrogen-bond donors (Lipinski definition) is 0. The highest BCUT2D eigenvalue weighted by molar-refractivity contribution is 6.19. The van der Waals surface area contributed by atoms with E-state index in [2.05, 4.69) is 4.99 Å². The van der Waals surface area contributed by atoms with Crippen LogP contribution in [0.15, 0.2) is 71.2 Å². The predicted octanol–water partition coefficient (Wildman–Crippen LogP) is 4.29. The van der Waals surface area contributed by atoms with E-state index in [1.807, 2.05) is 12.1 Å². The number of nitrogens with zero attached hydrogens (tertiary/aromatic N) is 1. The summed E-state index contributed by atoms with van der Waals surface area (Å²) in [5.41, 5.74) is 1.24. The van der Waals surface area contributed by atoms with Crippen LogP contribution in [0.5, 0.6) is 0 Å². The van der Waals surface area contributed by atoms with Crippen molar-refractivity contribution in [3.63, 3.8) is 0 Å². The lowest BCUT2D eigenvalue weighted by Crippen LogP contribution is -2.32. The van der Waals surface area contributed by atoms with E-state index >= 15 is 0 Å². The fourth-order valence-corrected chi connectivity index (χ4v) is 3.55. The molecule has 0 radical (unpaired) electrons. The van der Waals surface area contributed by atoms with E-state index in [1.54, 1.807) is 48.5 Å². The number of ketones is 1.